The molecule has 0 bridgehead atoms. The van der Waals surface area contributed by atoms with Crippen molar-refractivity contribution in [1.29, 1.82) is 0 Å². The zero-order valence-corrected chi connectivity index (χ0v) is 15.3. The van der Waals surface area contributed by atoms with Crippen LogP contribution in [0.1, 0.15) is 23.6 Å². The van der Waals surface area contributed by atoms with Crippen molar-refractivity contribution in [3.63, 3.8) is 0 Å². The van der Waals surface area contributed by atoms with Crippen LogP contribution in [0.15, 0.2) is 42.5 Å². The molecule has 0 saturated carbocycles. The Balaban J connectivity index is 1.68. The molecule has 2 aromatic carbocycles. The van der Waals surface area contributed by atoms with Gasteiger partial charge in [0.05, 0.1) is 6.04 Å². The van der Waals surface area contributed by atoms with Gasteiger partial charge in [-0.2, -0.15) is 0 Å². The van der Waals surface area contributed by atoms with E-state index < -0.39 is 0 Å². The largest absolute Gasteiger partial charge is 0.337 e. The summed E-state index contributed by atoms with van der Waals surface area (Å²) in [4.78, 5) is 16.6. The SMILES string of the molecule is C[C@H](C(=O)N1CCc2ccccc2C1)N(C)Cc1c(F)cccc1Cl. The smallest absolute Gasteiger partial charge is 0.239 e. The Hall–Kier alpha value is -1.91. The molecule has 5 heteroatoms. The summed E-state index contributed by atoms with van der Waals surface area (Å²) in [6.07, 6.45) is 0.873. The average Bonchev–Trinajstić information content (AvgIpc) is 2.63. The lowest BCUT2D eigenvalue weighted by Gasteiger charge is -2.34. The van der Waals surface area contributed by atoms with E-state index in [0.29, 0.717) is 30.2 Å². The standard InChI is InChI=1S/C20H22ClFN2O/c1-14(23(2)13-17-18(21)8-5-9-19(17)22)20(25)24-11-10-15-6-3-4-7-16(15)12-24/h3-9,14H,10-13H2,1-2H3/t14-/m1/s1. The van der Waals surface area contributed by atoms with Crippen molar-refractivity contribution in [2.75, 3.05) is 13.6 Å². The van der Waals surface area contributed by atoms with Gasteiger partial charge >= 0.3 is 0 Å². The highest BCUT2D eigenvalue weighted by molar-refractivity contribution is 6.31. The number of benzene rings is 2. The summed E-state index contributed by atoms with van der Waals surface area (Å²) in [5.74, 6) is -0.282. The van der Waals surface area contributed by atoms with Crippen molar-refractivity contribution < 1.29 is 9.18 Å². The maximum Gasteiger partial charge on any atom is 0.239 e. The highest BCUT2D eigenvalue weighted by Crippen LogP contribution is 2.23. The highest BCUT2D eigenvalue weighted by atomic mass is 35.5. The summed E-state index contributed by atoms with van der Waals surface area (Å²) in [5.41, 5.74) is 2.94. The molecule has 0 unspecified atom stereocenters. The predicted octanol–water partition coefficient (Wildman–Crippen LogP) is 3.88. The van der Waals surface area contributed by atoms with E-state index in [-0.39, 0.29) is 17.8 Å². The first-order valence-corrected chi connectivity index (χ1v) is 8.84. The number of fused-ring (bicyclic) bond motifs is 1. The van der Waals surface area contributed by atoms with Gasteiger partial charge in [-0.15, -0.1) is 0 Å². The third-order valence-electron chi connectivity index (χ3n) is 4.93. The second-order valence-corrected chi connectivity index (χ2v) is 6.98. The first-order valence-electron chi connectivity index (χ1n) is 8.46. The molecule has 0 aliphatic carbocycles. The molecule has 3 nitrogen and oxygen atoms in total. The Kier molecular flexibility index (Phi) is 5.40. The van der Waals surface area contributed by atoms with Crippen molar-refractivity contribution in [3.05, 3.63) is 70.0 Å². The third-order valence-corrected chi connectivity index (χ3v) is 5.28. The number of rotatable bonds is 4. The molecule has 3 rings (SSSR count). The van der Waals surface area contributed by atoms with Crippen LogP contribution < -0.4 is 0 Å². The quantitative estimate of drug-likeness (QED) is 0.826. The lowest BCUT2D eigenvalue weighted by molar-refractivity contribution is -0.137. The fraction of sp³-hybridized carbons (Fsp3) is 0.350. The summed E-state index contributed by atoms with van der Waals surface area (Å²) in [5, 5.41) is 0.387. The van der Waals surface area contributed by atoms with Gasteiger partial charge in [-0.05, 0) is 43.7 Å². The van der Waals surface area contributed by atoms with Crippen LogP contribution in [0.25, 0.3) is 0 Å². The molecule has 0 spiro atoms. The van der Waals surface area contributed by atoms with Crippen LogP contribution >= 0.6 is 11.6 Å². The number of nitrogens with zero attached hydrogens (tertiary/aromatic N) is 2. The minimum absolute atomic E-state index is 0.0597. The summed E-state index contributed by atoms with van der Waals surface area (Å²) >= 11 is 6.10. The fourth-order valence-corrected chi connectivity index (χ4v) is 3.43. The molecule has 0 radical (unpaired) electrons. The molecule has 1 atom stereocenters. The van der Waals surface area contributed by atoms with Crippen LogP contribution in [0.5, 0.6) is 0 Å². The molecular weight excluding hydrogens is 339 g/mol. The van der Waals surface area contributed by atoms with Crippen LogP contribution in [-0.2, 0) is 24.3 Å². The number of carbonyl (C=O) groups excluding carboxylic acids is 1. The van der Waals surface area contributed by atoms with Gasteiger partial charge in [0.15, 0.2) is 0 Å². The van der Waals surface area contributed by atoms with Crippen molar-refractivity contribution in [2.45, 2.75) is 32.5 Å². The van der Waals surface area contributed by atoms with E-state index in [2.05, 4.69) is 12.1 Å². The second-order valence-electron chi connectivity index (χ2n) is 6.57. The minimum Gasteiger partial charge on any atom is -0.337 e. The molecule has 25 heavy (non-hydrogen) atoms. The zero-order chi connectivity index (χ0) is 18.0. The number of carbonyl (C=O) groups is 1. The van der Waals surface area contributed by atoms with Crippen molar-refractivity contribution >= 4 is 17.5 Å². The van der Waals surface area contributed by atoms with E-state index in [9.17, 15) is 9.18 Å². The Bertz CT molecular complexity index is 760. The first kappa shape index (κ1) is 17.9. The Morgan fingerprint density at radius 3 is 2.68 bits per heavy atom. The molecule has 0 N–H and O–H groups in total. The van der Waals surface area contributed by atoms with Crippen molar-refractivity contribution in [3.8, 4) is 0 Å². The maximum atomic E-state index is 14.0. The van der Waals surface area contributed by atoms with Gasteiger partial charge in [-0.3, -0.25) is 9.69 Å². The summed E-state index contributed by atoms with van der Waals surface area (Å²) in [7, 11) is 1.82. The Morgan fingerprint density at radius 1 is 1.24 bits per heavy atom. The lowest BCUT2D eigenvalue weighted by atomic mass is 9.99. The van der Waals surface area contributed by atoms with Crippen LogP contribution in [0, 0.1) is 5.82 Å². The van der Waals surface area contributed by atoms with E-state index in [1.807, 2.05) is 35.9 Å². The van der Waals surface area contributed by atoms with Gasteiger partial charge in [0.1, 0.15) is 5.82 Å². The summed E-state index contributed by atoms with van der Waals surface area (Å²) < 4.78 is 14.0. The van der Waals surface area contributed by atoms with Crippen LogP contribution in [0.2, 0.25) is 5.02 Å². The zero-order valence-electron chi connectivity index (χ0n) is 14.5. The van der Waals surface area contributed by atoms with Crippen LogP contribution in [0.3, 0.4) is 0 Å². The lowest BCUT2D eigenvalue weighted by Crippen LogP contribution is -2.47. The first-order chi connectivity index (χ1) is 12.0. The molecule has 1 aliphatic rings. The molecule has 2 aromatic rings. The van der Waals surface area contributed by atoms with Crippen LogP contribution in [0.4, 0.5) is 4.39 Å². The van der Waals surface area contributed by atoms with Gasteiger partial charge in [0, 0.05) is 30.2 Å². The number of amides is 1. The van der Waals surface area contributed by atoms with E-state index in [1.165, 1.54) is 17.2 Å². The van der Waals surface area contributed by atoms with Crippen molar-refractivity contribution in [2.24, 2.45) is 0 Å². The third kappa shape index (κ3) is 3.86. The molecule has 0 aromatic heterocycles. The normalized spacial score (nSPS) is 15.2. The van der Waals surface area contributed by atoms with Crippen molar-refractivity contribution in [1.82, 2.24) is 9.80 Å². The fourth-order valence-electron chi connectivity index (χ4n) is 3.21. The Labute approximate surface area is 153 Å². The maximum absolute atomic E-state index is 14.0. The molecule has 0 fully saturated rings. The highest BCUT2D eigenvalue weighted by Gasteiger charge is 2.27. The van der Waals surface area contributed by atoms with Gasteiger partial charge in [0.25, 0.3) is 0 Å². The molecule has 1 aliphatic heterocycles. The monoisotopic (exact) mass is 360 g/mol. The average molecular weight is 361 g/mol. The Morgan fingerprint density at radius 2 is 1.96 bits per heavy atom. The number of likely N-dealkylation sites (N-methyl/N-ethyl adjacent to an activating group) is 1. The van der Waals surface area contributed by atoms with E-state index >= 15 is 0 Å². The molecule has 1 heterocycles. The molecule has 132 valence electrons. The van der Waals surface area contributed by atoms with Gasteiger partial charge in [0.2, 0.25) is 5.91 Å². The van der Waals surface area contributed by atoms with E-state index in [0.717, 1.165) is 6.42 Å². The summed E-state index contributed by atoms with van der Waals surface area (Å²) in [6.45, 7) is 3.50. The number of hydrogen-bond donors (Lipinski definition) is 0. The molecular formula is C20H22ClFN2O. The van der Waals surface area contributed by atoms with Gasteiger partial charge in [-0.1, -0.05) is 41.9 Å². The summed E-state index contributed by atoms with van der Waals surface area (Å²) in [6, 6.07) is 12.5. The van der Waals surface area contributed by atoms with Gasteiger partial charge in [-0.25, -0.2) is 4.39 Å². The van der Waals surface area contributed by atoms with Gasteiger partial charge < -0.3 is 4.90 Å². The van der Waals surface area contributed by atoms with E-state index in [1.54, 1.807) is 12.1 Å². The topological polar surface area (TPSA) is 23.6 Å². The second kappa shape index (κ2) is 7.54. The number of halogens is 2. The number of hydrogen-bond acceptors (Lipinski definition) is 2. The predicted molar refractivity (Wildman–Crippen MR) is 97.9 cm³/mol. The molecule has 0 saturated heterocycles. The van der Waals surface area contributed by atoms with E-state index in [4.69, 9.17) is 11.6 Å². The molecule has 1 amide bonds. The van der Waals surface area contributed by atoms with Crippen LogP contribution in [-0.4, -0.2) is 35.3 Å². The minimum atomic E-state index is -0.346.